The first-order valence-corrected chi connectivity index (χ1v) is 12.0. The Morgan fingerprint density at radius 3 is 2.58 bits per heavy atom. The highest BCUT2D eigenvalue weighted by atomic mass is 35.5. The van der Waals surface area contributed by atoms with Crippen molar-refractivity contribution in [1.29, 1.82) is 0 Å². The molecule has 1 atom stereocenters. The van der Waals surface area contributed by atoms with E-state index in [1.54, 1.807) is 24.3 Å². The zero-order chi connectivity index (χ0) is 21.8. The molecule has 4 rings (SSSR count). The van der Waals surface area contributed by atoms with Crippen LogP contribution in [0.4, 0.5) is 0 Å². The zero-order valence-electron chi connectivity index (χ0n) is 16.8. The summed E-state index contributed by atoms with van der Waals surface area (Å²) < 4.78 is 28.9. The Morgan fingerprint density at radius 2 is 1.77 bits per heavy atom. The standard InChI is InChI=1S/C24H23ClN2O3S/c25-20-13-11-17(12-14-20)16-26-24(28)19-7-3-8-21(15-19)31(29,30)27-23-10-4-6-18-5-1-2-9-22(18)23/h1-3,5,7-9,11-15,23,27H,4,6,10,16H2,(H,26,28)/t23-/m1/s1. The number of fused-ring (bicyclic) bond motifs is 1. The van der Waals surface area contributed by atoms with E-state index < -0.39 is 10.0 Å². The molecule has 0 saturated carbocycles. The third-order valence-corrected chi connectivity index (χ3v) is 7.16. The lowest BCUT2D eigenvalue weighted by Crippen LogP contribution is -2.31. The predicted octanol–water partition coefficient (Wildman–Crippen LogP) is 4.63. The molecule has 7 heteroatoms. The first kappa shape index (κ1) is 21.6. The van der Waals surface area contributed by atoms with Crippen LogP contribution in [0.1, 0.15) is 45.9 Å². The van der Waals surface area contributed by atoms with Crippen LogP contribution in [0.3, 0.4) is 0 Å². The second-order valence-electron chi connectivity index (χ2n) is 7.60. The van der Waals surface area contributed by atoms with E-state index in [1.165, 1.54) is 17.7 Å². The second kappa shape index (κ2) is 9.22. The molecule has 0 radical (unpaired) electrons. The lowest BCUT2D eigenvalue weighted by Gasteiger charge is -2.26. The fourth-order valence-corrected chi connectivity index (χ4v) is 5.24. The topological polar surface area (TPSA) is 75.3 Å². The van der Waals surface area contributed by atoms with Gasteiger partial charge in [-0.1, -0.05) is 54.1 Å². The summed E-state index contributed by atoms with van der Waals surface area (Å²) in [6.07, 6.45) is 2.63. The van der Waals surface area contributed by atoms with Crippen molar-refractivity contribution in [2.24, 2.45) is 0 Å². The molecule has 160 valence electrons. The van der Waals surface area contributed by atoms with Crippen molar-refractivity contribution in [3.8, 4) is 0 Å². The fourth-order valence-electron chi connectivity index (χ4n) is 3.82. The number of carbonyl (C=O) groups excluding carboxylic acids is 1. The first-order valence-electron chi connectivity index (χ1n) is 10.2. The molecular weight excluding hydrogens is 432 g/mol. The third kappa shape index (κ3) is 5.15. The number of hydrogen-bond acceptors (Lipinski definition) is 3. The van der Waals surface area contributed by atoms with E-state index in [0.29, 0.717) is 17.1 Å². The number of hydrogen-bond donors (Lipinski definition) is 2. The van der Waals surface area contributed by atoms with Crippen molar-refractivity contribution in [2.45, 2.75) is 36.7 Å². The largest absolute Gasteiger partial charge is 0.348 e. The van der Waals surface area contributed by atoms with E-state index in [-0.39, 0.29) is 16.8 Å². The fraction of sp³-hybridized carbons (Fsp3) is 0.208. The van der Waals surface area contributed by atoms with Crippen LogP contribution in [-0.4, -0.2) is 14.3 Å². The molecule has 0 saturated heterocycles. The van der Waals surface area contributed by atoms with Gasteiger partial charge in [0.15, 0.2) is 0 Å². The van der Waals surface area contributed by atoms with Crippen LogP contribution in [0.15, 0.2) is 77.7 Å². The van der Waals surface area contributed by atoms with E-state index >= 15 is 0 Å². The highest BCUT2D eigenvalue weighted by Crippen LogP contribution is 2.30. The highest BCUT2D eigenvalue weighted by Gasteiger charge is 2.26. The number of rotatable bonds is 6. The maximum absolute atomic E-state index is 13.0. The van der Waals surface area contributed by atoms with Crippen molar-refractivity contribution >= 4 is 27.5 Å². The average molecular weight is 455 g/mol. The van der Waals surface area contributed by atoms with Gasteiger partial charge in [0.05, 0.1) is 4.90 Å². The van der Waals surface area contributed by atoms with Gasteiger partial charge in [0.2, 0.25) is 10.0 Å². The van der Waals surface area contributed by atoms with Crippen LogP contribution in [0.25, 0.3) is 0 Å². The Balaban J connectivity index is 1.48. The maximum Gasteiger partial charge on any atom is 0.251 e. The van der Waals surface area contributed by atoms with Crippen LogP contribution in [0.2, 0.25) is 5.02 Å². The van der Waals surface area contributed by atoms with E-state index in [1.807, 2.05) is 36.4 Å². The predicted molar refractivity (Wildman–Crippen MR) is 122 cm³/mol. The quantitative estimate of drug-likeness (QED) is 0.570. The number of aryl methyl sites for hydroxylation is 1. The van der Waals surface area contributed by atoms with Crippen molar-refractivity contribution in [3.63, 3.8) is 0 Å². The molecule has 3 aromatic carbocycles. The normalized spacial score (nSPS) is 15.8. The number of amides is 1. The molecular formula is C24H23ClN2O3S. The zero-order valence-corrected chi connectivity index (χ0v) is 18.4. The number of nitrogens with one attached hydrogen (secondary N) is 2. The Labute approximate surface area is 187 Å². The molecule has 31 heavy (non-hydrogen) atoms. The minimum Gasteiger partial charge on any atom is -0.348 e. The molecule has 0 unspecified atom stereocenters. The average Bonchev–Trinajstić information content (AvgIpc) is 2.79. The summed E-state index contributed by atoms with van der Waals surface area (Å²) in [6.45, 7) is 0.323. The van der Waals surface area contributed by atoms with Crippen LogP contribution in [0.5, 0.6) is 0 Å². The lowest BCUT2D eigenvalue weighted by molar-refractivity contribution is 0.0950. The smallest absolute Gasteiger partial charge is 0.251 e. The van der Waals surface area contributed by atoms with Crippen molar-refractivity contribution in [3.05, 3.63) is 100 Å². The van der Waals surface area contributed by atoms with Gasteiger partial charge in [-0.25, -0.2) is 13.1 Å². The Kier molecular flexibility index (Phi) is 6.41. The lowest BCUT2D eigenvalue weighted by atomic mass is 9.88. The molecule has 5 nitrogen and oxygen atoms in total. The molecule has 0 fully saturated rings. The van der Waals surface area contributed by atoms with Gasteiger partial charge in [0, 0.05) is 23.2 Å². The Bertz CT molecular complexity index is 1190. The SMILES string of the molecule is O=C(NCc1ccc(Cl)cc1)c1cccc(S(=O)(=O)N[C@@H]2CCCc3ccccc32)c1. The molecule has 1 aliphatic rings. The second-order valence-corrected chi connectivity index (χ2v) is 9.75. The molecule has 0 heterocycles. The van der Waals surface area contributed by atoms with Gasteiger partial charge in [-0.2, -0.15) is 0 Å². The van der Waals surface area contributed by atoms with Gasteiger partial charge in [-0.3, -0.25) is 4.79 Å². The highest BCUT2D eigenvalue weighted by molar-refractivity contribution is 7.89. The number of halogens is 1. The Morgan fingerprint density at radius 1 is 1.00 bits per heavy atom. The van der Waals surface area contributed by atoms with Crippen LogP contribution >= 0.6 is 11.6 Å². The summed E-state index contributed by atoms with van der Waals surface area (Å²) in [5.41, 5.74) is 3.39. The molecule has 3 aromatic rings. The molecule has 0 spiro atoms. The van der Waals surface area contributed by atoms with Crippen molar-refractivity contribution in [2.75, 3.05) is 0 Å². The van der Waals surface area contributed by atoms with Gasteiger partial charge in [-0.15, -0.1) is 0 Å². The Hall–Kier alpha value is -2.67. The summed E-state index contributed by atoms with van der Waals surface area (Å²) >= 11 is 5.88. The van der Waals surface area contributed by atoms with Gasteiger partial charge in [0.1, 0.15) is 0 Å². The summed E-state index contributed by atoms with van der Waals surface area (Å²) in [7, 11) is -3.78. The number of sulfonamides is 1. The summed E-state index contributed by atoms with van der Waals surface area (Å²) in [5.74, 6) is -0.338. The van der Waals surface area contributed by atoms with Gasteiger partial charge < -0.3 is 5.32 Å². The van der Waals surface area contributed by atoms with Crippen LogP contribution in [0, 0.1) is 0 Å². The molecule has 0 aliphatic heterocycles. The van der Waals surface area contributed by atoms with Crippen molar-refractivity contribution < 1.29 is 13.2 Å². The monoisotopic (exact) mass is 454 g/mol. The van der Waals surface area contributed by atoms with Crippen LogP contribution < -0.4 is 10.0 Å². The minimum absolute atomic E-state index is 0.0784. The summed E-state index contributed by atoms with van der Waals surface area (Å²) in [6, 6.07) is 20.9. The van der Waals surface area contributed by atoms with Gasteiger partial charge >= 0.3 is 0 Å². The third-order valence-electron chi connectivity index (χ3n) is 5.44. The molecule has 1 amide bonds. The molecule has 0 aromatic heterocycles. The summed E-state index contributed by atoms with van der Waals surface area (Å²) in [5, 5.41) is 3.44. The number of carbonyl (C=O) groups is 1. The minimum atomic E-state index is -3.78. The van der Waals surface area contributed by atoms with Crippen LogP contribution in [-0.2, 0) is 23.0 Å². The summed E-state index contributed by atoms with van der Waals surface area (Å²) in [4.78, 5) is 12.6. The first-order chi connectivity index (χ1) is 14.9. The van der Waals surface area contributed by atoms with Crippen molar-refractivity contribution in [1.82, 2.24) is 10.0 Å². The van der Waals surface area contributed by atoms with Gasteiger partial charge in [-0.05, 0) is 66.3 Å². The number of benzene rings is 3. The van der Waals surface area contributed by atoms with Gasteiger partial charge in [0.25, 0.3) is 5.91 Å². The molecule has 0 bridgehead atoms. The maximum atomic E-state index is 13.0. The van der Waals surface area contributed by atoms with E-state index in [2.05, 4.69) is 10.0 Å². The molecule has 2 N–H and O–H groups in total. The van der Waals surface area contributed by atoms with E-state index in [9.17, 15) is 13.2 Å². The molecule has 1 aliphatic carbocycles. The van der Waals surface area contributed by atoms with E-state index in [0.717, 1.165) is 30.4 Å². The van der Waals surface area contributed by atoms with E-state index in [4.69, 9.17) is 11.6 Å².